The number of hydrogen-bond acceptors (Lipinski definition) is 7. The normalized spacial score (nSPS) is 17.5. The summed E-state index contributed by atoms with van der Waals surface area (Å²) in [5, 5.41) is 11.3. The minimum absolute atomic E-state index is 0.110. The lowest BCUT2D eigenvalue weighted by Crippen LogP contribution is -2.32. The number of Topliss-reactive ketones (excluding diaryl/α,β-unsaturated/α-hetero) is 1. The molecule has 0 saturated carbocycles. The summed E-state index contributed by atoms with van der Waals surface area (Å²) < 4.78 is 15.3. The van der Waals surface area contributed by atoms with Crippen molar-refractivity contribution in [1.29, 1.82) is 0 Å². The molecule has 0 bridgehead atoms. The van der Waals surface area contributed by atoms with Gasteiger partial charge in [-0.2, -0.15) is 0 Å². The van der Waals surface area contributed by atoms with Crippen LogP contribution in [0.4, 0.5) is 0 Å². The van der Waals surface area contributed by atoms with Gasteiger partial charge in [0, 0.05) is 26.1 Å². The zero-order chi connectivity index (χ0) is 23.4. The lowest BCUT2D eigenvalue weighted by molar-refractivity contribution is -0.140. The third kappa shape index (κ3) is 4.61. The van der Waals surface area contributed by atoms with E-state index in [9.17, 15) is 19.5 Å². The van der Waals surface area contributed by atoms with Crippen LogP contribution in [0.3, 0.4) is 0 Å². The van der Waals surface area contributed by atoms with E-state index in [1.807, 2.05) is 0 Å². The minimum Gasteiger partial charge on any atom is -0.507 e. The third-order valence-corrected chi connectivity index (χ3v) is 5.29. The standard InChI is InChI=1S/C23H22ClNO7/c1-13(26)32-15-6-4-14(5-7-15)20-19(22(28)23(29)25(20)10-11-30-2)21(27)17-12-16(31-3)8-9-18(17)24/h4-9,12,20,27H,10-11H2,1-3H3/b21-19+. The average molecular weight is 460 g/mol. The van der Waals surface area contributed by atoms with E-state index < -0.39 is 29.5 Å². The maximum atomic E-state index is 13.0. The van der Waals surface area contributed by atoms with Gasteiger partial charge in [0.25, 0.3) is 11.7 Å². The number of benzene rings is 2. The van der Waals surface area contributed by atoms with Crippen LogP contribution in [-0.2, 0) is 19.1 Å². The summed E-state index contributed by atoms with van der Waals surface area (Å²) in [5.41, 5.74) is 0.593. The number of carbonyl (C=O) groups is 3. The Bertz CT molecular complexity index is 1080. The molecule has 1 fully saturated rings. The van der Waals surface area contributed by atoms with Crippen molar-refractivity contribution in [2.75, 3.05) is 27.4 Å². The number of hydrogen-bond donors (Lipinski definition) is 1. The van der Waals surface area contributed by atoms with Crippen LogP contribution in [0, 0.1) is 0 Å². The largest absolute Gasteiger partial charge is 0.507 e. The smallest absolute Gasteiger partial charge is 0.308 e. The molecule has 0 aromatic heterocycles. The van der Waals surface area contributed by atoms with Crippen molar-refractivity contribution in [3.8, 4) is 11.5 Å². The summed E-state index contributed by atoms with van der Waals surface area (Å²) in [7, 11) is 2.94. The SMILES string of the molecule is COCCN1C(=O)C(=O)/C(=C(/O)c2cc(OC)ccc2Cl)C1c1ccc(OC(C)=O)cc1. The van der Waals surface area contributed by atoms with Gasteiger partial charge in [-0.15, -0.1) is 0 Å². The molecule has 0 aliphatic carbocycles. The first-order chi connectivity index (χ1) is 15.3. The molecular formula is C23H22ClNO7. The summed E-state index contributed by atoms with van der Waals surface area (Å²) in [6, 6.07) is 10.1. The van der Waals surface area contributed by atoms with E-state index in [4.69, 9.17) is 25.8 Å². The van der Waals surface area contributed by atoms with Crippen molar-refractivity contribution in [3.63, 3.8) is 0 Å². The van der Waals surface area contributed by atoms with Gasteiger partial charge in [0.15, 0.2) is 0 Å². The van der Waals surface area contributed by atoms with Gasteiger partial charge in [-0.05, 0) is 35.9 Å². The average Bonchev–Trinajstić information content (AvgIpc) is 3.02. The molecule has 32 heavy (non-hydrogen) atoms. The van der Waals surface area contributed by atoms with E-state index in [2.05, 4.69) is 0 Å². The number of aliphatic hydroxyl groups excluding tert-OH is 1. The number of halogens is 1. The molecule has 8 nitrogen and oxygen atoms in total. The van der Waals surface area contributed by atoms with E-state index in [0.717, 1.165) is 0 Å². The summed E-state index contributed by atoms with van der Waals surface area (Å²) in [6.45, 7) is 1.60. The topological polar surface area (TPSA) is 102 Å². The first kappa shape index (κ1) is 23.3. The van der Waals surface area contributed by atoms with Crippen molar-refractivity contribution < 1.29 is 33.7 Å². The summed E-state index contributed by atoms with van der Waals surface area (Å²) in [5.74, 6) is -1.76. The maximum absolute atomic E-state index is 13.0. The molecule has 1 N–H and O–H groups in total. The molecule has 0 radical (unpaired) electrons. The molecule has 168 valence electrons. The summed E-state index contributed by atoms with van der Waals surface area (Å²) in [6.07, 6.45) is 0. The molecular weight excluding hydrogens is 438 g/mol. The quantitative estimate of drug-likeness (QED) is 0.223. The van der Waals surface area contributed by atoms with E-state index >= 15 is 0 Å². The second-order valence-electron chi connectivity index (χ2n) is 6.99. The fourth-order valence-corrected chi connectivity index (χ4v) is 3.70. The Labute approximate surface area is 189 Å². The highest BCUT2D eigenvalue weighted by Crippen LogP contribution is 2.41. The molecule has 1 amide bonds. The highest BCUT2D eigenvalue weighted by atomic mass is 35.5. The zero-order valence-corrected chi connectivity index (χ0v) is 18.5. The number of ether oxygens (including phenoxy) is 3. The fraction of sp³-hybridized carbons (Fsp3) is 0.261. The number of methoxy groups -OCH3 is 2. The van der Waals surface area contributed by atoms with Gasteiger partial charge >= 0.3 is 5.97 Å². The number of esters is 1. The molecule has 2 aromatic carbocycles. The molecule has 1 saturated heterocycles. The molecule has 1 atom stereocenters. The highest BCUT2D eigenvalue weighted by Gasteiger charge is 2.46. The highest BCUT2D eigenvalue weighted by molar-refractivity contribution is 6.47. The van der Waals surface area contributed by atoms with E-state index in [1.165, 1.54) is 38.2 Å². The van der Waals surface area contributed by atoms with Crippen LogP contribution >= 0.6 is 11.6 Å². The van der Waals surface area contributed by atoms with Crippen LogP contribution in [0.1, 0.15) is 24.1 Å². The van der Waals surface area contributed by atoms with Crippen molar-refractivity contribution in [1.82, 2.24) is 4.90 Å². The lowest BCUT2D eigenvalue weighted by Gasteiger charge is -2.25. The molecule has 3 rings (SSSR count). The van der Waals surface area contributed by atoms with E-state index in [-0.39, 0.29) is 29.3 Å². The Hall–Kier alpha value is -3.36. The van der Waals surface area contributed by atoms with E-state index in [1.54, 1.807) is 30.3 Å². The Kier molecular flexibility index (Phi) is 7.17. The number of rotatable bonds is 7. The predicted molar refractivity (Wildman–Crippen MR) is 117 cm³/mol. The van der Waals surface area contributed by atoms with Crippen LogP contribution in [-0.4, -0.2) is 55.0 Å². The first-order valence-electron chi connectivity index (χ1n) is 9.68. The molecule has 2 aromatic rings. The van der Waals surface area contributed by atoms with Gasteiger partial charge in [0.2, 0.25) is 0 Å². The monoisotopic (exact) mass is 459 g/mol. The number of likely N-dealkylation sites (tertiary alicyclic amines) is 1. The van der Waals surface area contributed by atoms with Crippen LogP contribution in [0.5, 0.6) is 11.5 Å². The van der Waals surface area contributed by atoms with E-state index in [0.29, 0.717) is 17.1 Å². The number of ketones is 1. The van der Waals surface area contributed by atoms with Crippen molar-refractivity contribution in [3.05, 3.63) is 64.2 Å². The van der Waals surface area contributed by atoms with Crippen LogP contribution < -0.4 is 9.47 Å². The minimum atomic E-state index is -0.890. The van der Waals surface area contributed by atoms with Gasteiger partial charge < -0.3 is 24.2 Å². The van der Waals surface area contributed by atoms with Gasteiger partial charge in [0.05, 0.1) is 30.4 Å². The van der Waals surface area contributed by atoms with Crippen molar-refractivity contribution >= 4 is 35.0 Å². The molecule has 9 heteroatoms. The summed E-state index contributed by atoms with van der Waals surface area (Å²) in [4.78, 5) is 38.3. The van der Waals surface area contributed by atoms with Gasteiger partial charge in [0.1, 0.15) is 17.3 Å². The lowest BCUT2D eigenvalue weighted by atomic mass is 9.95. The second kappa shape index (κ2) is 9.84. The van der Waals surface area contributed by atoms with Crippen LogP contribution in [0.15, 0.2) is 48.0 Å². The molecule has 1 unspecified atom stereocenters. The zero-order valence-electron chi connectivity index (χ0n) is 17.8. The van der Waals surface area contributed by atoms with Crippen molar-refractivity contribution in [2.24, 2.45) is 0 Å². The Balaban J connectivity index is 2.15. The number of aliphatic hydroxyl groups is 1. The predicted octanol–water partition coefficient (Wildman–Crippen LogP) is 3.34. The van der Waals surface area contributed by atoms with Crippen LogP contribution in [0.2, 0.25) is 5.02 Å². The molecule has 1 aliphatic heterocycles. The molecule has 0 spiro atoms. The Morgan fingerprint density at radius 3 is 2.34 bits per heavy atom. The maximum Gasteiger partial charge on any atom is 0.308 e. The number of nitrogens with zero attached hydrogens (tertiary/aromatic N) is 1. The van der Waals surface area contributed by atoms with Gasteiger partial charge in [-0.1, -0.05) is 23.7 Å². The second-order valence-corrected chi connectivity index (χ2v) is 7.40. The molecule has 1 aliphatic rings. The van der Waals surface area contributed by atoms with Crippen molar-refractivity contribution in [2.45, 2.75) is 13.0 Å². The van der Waals surface area contributed by atoms with Gasteiger partial charge in [-0.25, -0.2) is 0 Å². The summed E-state index contributed by atoms with van der Waals surface area (Å²) >= 11 is 6.27. The van der Waals surface area contributed by atoms with Gasteiger partial charge in [-0.3, -0.25) is 14.4 Å². The Morgan fingerprint density at radius 1 is 1.09 bits per heavy atom. The Morgan fingerprint density at radius 2 is 1.75 bits per heavy atom. The molecule has 1 heterocycles. The van der Waals surface area contributed by atoms with Crippen LogP contribution in [0.25, 0.3) is 5.76 Å². The third-order valence-electron chi connectivity index (χ3n) is 4.96. The number of carbonyl (C=O) groups excluding carboxylic acids is 3. The number of amides is 1. The first-order valence-corrected chi connectivity index (χ1v) is 10.1. The fourth-order valence-electron chi connectivity index (χ4n) is 3.49.